The Morgan fingerprint density at radius 2 is 1.70 bits per heavy atom. The van der Waals surface area contributed by atoms with Gasteiger partial charge >= 0.3 is 0 Å². The number of carbonyl (C=O) groups is 4. The number of imide groups is 1. The molecule has 0 atom stereocenters. The first-order chi connectivity index (χ1) is 14.5. The Hall–Kier alpha value is -3.46. The second-order valence-corrected chi connectivity index (χ2v) is 7.25. The van der Waals surface area contributed by atoms with Crippen LogP contribution in [0, 0.1) is 5.82 Å². The zero-order valence-electron chi connectivity index (χ0n) is 15.8. The summed E-state index contributed by atoms with van der Waals surface area (Å²) in [5.74, 6) is -1.86. The van der Waals surface area contributed by atoms with E-state index in [9.17, 15) is 23.6 Å². The summed E-state index contributed by atoms with van der Waals surface area (Å²) in [4.78, 5) is 49.4. The molecule has 0 unspecified atom stereocenters. The van der Waals surface area contributed by atoms with Gasteiger partial charge in [-0.3, -0.25) is 24.1 Å². The van der Waals surface area contributed by atoms with Crippen LogP contribution in [0.15, 0.2) is 59.5 Å². The third kappa shape index (κ3) is 5.32. The number of hydrogen-bond donors (Lipinski definition) is 2. The first-order valence-electron chi connectivity index (χ1n) is 9.05. The molecule has 1 fully saturated rings. The van der Waals surface area contributed by atoms with Crippen LogP contribution in [0.4, 0.5) is 9.18 Å². The molecule has 0 saturated carbocycles. The summed E-state index contributed by atoms with van der Waals surface area (Å²) in [5.41, 5.74) is 0.648. The normalized spacial score (nSPS) is 14.8. The van der Waals surface area contributed by atoms with Crippen molar-refractivity contribution in [1.29, 1.82) is 0 Å². The van der Waals surface area contributed by atoms with Gasteiger partial charge in [0, 0.05) is 24.2 Å². The van der Waals surface area contributed by atoms with E-state index in [1.807, 2.05) is 0 Å². The summed E-state index contributed by atoms with van der Waals surface area (Å²) in [7, 11) is 0. The Bertz CT molecular complexity index is 1010. The number of thioether (sulfide) groups is 1. The number of nitrogens with zero attached hydrogens (tertiary/aromatic N) is 1. The van der Waals surface area contributed by atoms with Gasteiger partial charge in [0.1, 0.15) is 5.82 Å². The van der Waals surface area contributed by atoms with Gasteiger partial charge in [-0.25, -0.2) is 4.39 Å². The van der Waals surface area contributed by atoms with Crippen LogP contribution in [-0.2, 0) is 9.59 Å². The number of benzene rings is 2. The van der Waals surface area contributed by atoms with Crippen molar-refractivity contribution in [1.82, 2.24) is 15.5 Å². The first-order valence-corrected chi connectivity index (χ1v) is 9.87. The van der Waals surface area contributed by atoms with Crippen LogP contribution in [0.3, 0.4) is 0 Å². The van der Waals surface area contributed by atoms with Crippen LogP contribution >= 0.6 is 11.8 Å². The Morgan fingerprint density at radius 3 is 2.43 bits per heavy atom. The second kappa shape index (κ2) is 9.84. The summed E-state index contributed by atoms with van der Waals surface area (Å²) < 4.78 is 13.8. The number of amides is 4. The lowest BCUT2D eigenvalue weighted by molar-refractivity contribution is -0.124. The molecule has 2 aromatic rings. The fraction of sp³-hybridized carbons (Fsp3) is 0.143. The topological polar surface area (TPSA) is 95.6 Å². The summed E-state index contributed by atoms with van der Waals surface area (Å²) in [6.07, 6.45) is 1.33. The highest BCUT2D eigenvalue weighted by atomic mass is 32.2. The number of rotatable bonds is 7. The molecule has 0 aliphatic carbocycles. The Labute approximate surface area is 176 Å². The van der Waals surface area contributed by atoms with Crippen LogP contribution in [0.2, 0.25) is 0 Å². The van der Waals surface area contributed by atoms with E-state index in [0.29, 0.717) is 5.56 Å². The predicted molar refractivity (Wildman–Crippen MR) is 111 cm³/mol. The van der Waals surface area contributed by atoms with E-state index in [1.54, 1.807) is 36.4 Å². The highest BCUT2D eigenvalue weighted by Gasteiger charge is 2.34. The summed E-state index contributed by atoms with van der Waals surface area (Å²) in [6.45, 7) is -0.231. The maximum atomic E-state index is 13.8. The minimum Gasteiger partial charge on any atom is -0.353 e. The lowest BCUT2D eigenvalue weighted by Gasteiger charge is -2.13. The third-order valence-corrected chi connectivity index (χ3v) is 5.08. The second-order valence-electron chi connectivity index (χ2n) is 6.25. The van der Waals surface area contributed by atoms with Gasteiger partial charge < -0.3 is 10.6 Å². The van der Waals surface area contributed by atoms with Crippen molar-refractivity contribution in [2.24, 2.45) is 0 Å². The highest BCUT2D eigenvalue weighted by Crippen LogP contribution is 2.32. The van der Waals surface area contributed by atoms with E-state index in [2.05, 4.69) is 10.6 Å². The molecule has 2 aromatic carbocycles. The molecule has 2 N–H and O–H groups in total. The molecule has 1 aliphatic heterocycles. The molecule has 0 aromatic heterocycles. The highest BCUT2D eigenvalue weighted by molar-refractivity contribution is 8.18. The van der Waals surface area contributed by atoms with E-state index < -0.39 is 22.9 Å². The van der Waals surface area contributed by atoms with Gasteiger partial charge in [-0.15, -0.1) is 0 Å². The number of halogens is 1. The molecule has 9 heteroatoms. The van der Waals surface area contributed by atoms with Crippen LogP contribution in [0.25, 0.3) is 6.08 Å². The zero-order chi connectivity index (χ0) is 21.5. The molecule has 154 valence electrons. The maximum Gasteiger partial charge on any atom is 0.293 e. The molecular weight excluding hydrogens is 409 g/mol. The van der Waals surface area contributed by atoms with Gasteiger partial charge in [0.2, 0.25) is 5.91 Å². The predicted octanol–water partition coefficient (Wildman–Crippen LogP) is 2.41. The Balaban J connectivity index is 1.47. The SMILES string of the molecule is O=C(CNC(=O)c1ccccc1)NCCN1C(=O)SC(=Cc2ccccc2F)C1=O. The summed E-state index contributed by atoms with van der Waals surface area (Å²) in [6, 6.07) is 14.4. The monoisotopic (exact) mass is 427 g/mol. The molecule has 30 heavy (non-hydrogen) atoms. The molecule has 0 radical (unpaired) electrons. The molecule has 0 bridgehead atoms. The van der Waals surface area contributed by atoms with E-state index >= 15 is 0 Å². The summed E-state index contributed by atoms with van der Waals surface area (Å²) in [5, 5.41) is 4.54. The van der Waals surface area contributed by atoms with Gasteiger partial charge in [-0.2, -0.15) is 0 Å². The average Bonchev–Trinajstić information content (AvgIpc) is 3.01. The average molecular weight is 427 g/mol. The van der Waals surface area contributed by atoms with Gasteiger partial charge in [-0.1, -0.05) is 36.4 Å². The number of hydrogen-bond acceptors (Lipinski definition) is 5. The van der Waals surface area contributed by atoms with Crippen molar-refractivity contribution in [2.75, 3.05) is 19.6 Å². The van der Waals surface area contributed by atoms with Crippen molar-refractivity contribution in [3.8, 4) is 0 Å². The van der Waals surface area contributed by atoms with Crippen LogP contribution in [-0.4, -0.2) is 47.5 Å². The minimum absolute atomic E-state index is 0.0301. The van der Waals surface area contributed by atoms with Crippen LogP contribution in [0.5, 0.6) is 0 Å². The molecule has 0 spiro atoms. The van der Waals surface area contributed by atoms with Gasteiger partial charge in [0.25, 0.3) is 17.1 Å². The molecule has 3 rings (SSSR count). The largest absolute Gasteiger partial charge is 0.353 e. The Kier molecular flexibility index (Phi) is 6.97. The van der Waals surface area contributed by atoms with Crippen molar-refractivity contribution >= 4 is 40.8 Å². The quantitative estimate of drug-likeness (QED) is 0.662. The van der Waals surface area contributed by atoms with Gasteiger partial charge in [0.05, 0.1) is 11.4 Å². The van der Waals surface area contributed by atoms with Crippen LogP contribution in [0.1, 0.15) is 15.9 Å². The first kappa shape index (κ1) is 21.3. The fourth-order valence-electron chi connectivity index (χ4n) is 2.65. The zero-order valence-corrected chi connectivity index (χ0v) is 16.6. The molecule has 4 amide bonds. The number of carbonyl (C=O) groups excluding carboxylic acids is 4. The molecule has 1 aliphatic rings. The Morgan fingerprint density at radius 1 is 1.00 bits per heavy atom. The fourth-order valence-corrected chi connectivity index (χ4v) is 3.50. The van der Waals surface area contributed by atoms with E-state index in [0.717, 1.165) is 16.7 Å². The number of nitrogens with one attached hydrogen (secondary N) is 2. The van der Waals surface area contributed by atoms with Gasteiger partial charge in [0.15, 0.2) is 0 Å². The lowest BCUT2D eigenvalue weighted by atomic mass is 10.2. The van der Waals surface area contributed by atoms with Gasteiger partial charge in [-0.05, 0) is 36.0 Å². The lowest BCUT2D eigenvalue weighted by Crippen LogP contribution is -2.41. The standard InChI is InChI=1S/C21H18FN3O4S/c22-16-9-5-4-8-15(16)12-17-20(28)25(21(29)30-17)11-10-23-18(26)13-24-19(27)14-6-2-1-3-7-14/h1-9,12H,10-11,13H2,(H,23,26)(H,24,27). The van der Waals surface area contributed by atoms with Crippen molar-refractivity contribution in [3.63, 3.8) is 0 Å². The molecular formula is C21H18FN3O4S. The van der Waals surface area contributed by atoms with E-state index in [-0.39, 0.29) is 36.0 Å². The third-order valence-electron chi connectivity index (χ3n) is 4.17. The van der Waals surface area contributed by atoms with Crippen molar-refractivity contribution in [3.05, 3.63) is 76.4 Å². The maximum absolute atomic E-state index is 13.8. The van der Waals surface area contributed by atoms with E-state index in [1.165, 1.54) is 24.3 Å². The smallest absolute Gasteiger partial charge is 0.293 e. The van der Waals surface area contributed by atoms with Crippen molar-refractivity contribution in [2.45, 2.75) is 0 Å². The molecule has 1 saturated heterocycles. The van der Waals surface area contributed by atoms with Crippen molar-refractivity contribution < 1.29 is 23.6 Å². The molecule has 1 heterocycles. The van der Waals surface area contributed by atoms with E-state index in [4.69, 9.17) is 0 Å². The van der Waals surface area contributed by atoms with Crippen LogP contribution < -0.4 is 10.6 Å². The molecule has 7 nitrogen and oxygen atoms in total. The summed E-state index contributed by atoms with van der Waals surface area (Å²) >= 11 is 0.718. The minimum atomic E-state index is -0.542.